The monoisotopic (exact) mass is 323 g/mol. The number of hydrogen-bond acceptors (Lipinski definition) is 1. The van der Waals surface area contributed by atoms with Gasteiger partial charge in [0.1, 0.15) is 0 Å². The standard InChI is InChI=1S/C15H15BrClN/c1-10-5-3-4-6-12(10)15(2,18)13-8-7-11(16)9-14(13)17/h3-9H,18H2,1-2H3. The first kappa shape index (κ1) is 13.6. The normalized spacial score (nSPS) is 14.3. The van der Waals surface area contributed by atoms with Crippen LogP contribution in [0.3, 0.4) is 0 Å². The molecule has 0 bridgehead atoms. The van der Waals surface area contributed by atoms with Crippen LogP contribution in [0.5, 0.6) is 0 Å². The van der Waals surface area contributed by atoms with E-state index in [2.05, 4.69) is 28.9 Å². The summed E-state index contributed by atoms with van der Waals surface area (Å²) >= 11 is 9.71. The molecule has 94 valence electrons. The third-order valence-electron chi connectivity index (χ3n) is 3.20. The largest absolute Gasteiger partial charge is 0.318 e. The summed E-state index contributed by atoms with van der Waals surface area (Å²) < 4.78 is 0.955. The quantitative estimate of drug-likeness (QED) is 0.856. The van der Waals surface area contributed by atoms with Crippen molar-refractivity contribution < 1.29 is 0 Å². The minimum Gasteiger partial charge on any atom is -0.318 e. The van der Waals surface area contributed by atoms with E-state index < -0.39 is 5.54 Å². The van der Waals surface area contributed by atoms with E-state index in [0.717, 1.165) is 15.6 Å². The highest BCUT2D eigenvalue weighted by molar-refractivity contribution is 9.10. The van der Waals surface area contributed by atoms with Crippen LogP contribution in [-0.2, 0) is 5.54 Å². The predicted molar refractivity (Wildman–Crippen MR) is 81.0 cm³/mol. The molecule has 1 atom stereocenters. The van der Waals surface area contributed by atoms with Crippen molar-refractivity contribution >= 4 is 27.5 Å². The second-order valence-electron chi connectivity index (χ2n) is 4.64. The van der Waals surface area contributed by atoms with Crippen LogP contribution in [0.15, 0.2) is 46.9 Å². The van der Waals surface area contributed by atoms with Crippen molar-refractivity contribution in [2.24, 2.45) is 5.73 Å². The molecule has 0 aromatic heterocycles. The van der Waals surface area contributed by atoms with Crippen molar-refractivity contribution in [3.8, 4) is 0 Å². The molecule has 0 aliphatic rings. The Morgan fingerprint density at radius 3 is 2.39 bits per heavy atom. The lowest BCUT2D eigenvalue weighted by Gasteiger charge is -2.28. The highest BCUT2D eigenvalue weighted by atomic mass is 79.9. The molecule has 0 saturated heterocycles. The summed E-state index contributed by atoms with van der Waals surface area (Å²) in [5, 5.41) is 0.678. The number of benzene rings is 2. The molecule has 1 unspecified atom stereocenters. The second-order valence-corrected chi connectivity index (χ2v) is 5.96. The Bertz CT molecular complexity index is 578. The molecule has 3 heteroatoms. The van der Waals surface area contributed by atoms with Gasteiger partial charge in [0.15, 0.2) is 0 Å². The smallest absolute Gasteiger partial charge is 0.0654 e. The van der Waals surface area contributed by atoms with E-state index in [-0.39, 0.29) is 0 Å². The molecule has 0 fully saturated rings. The summed E-state index contributed by atoms with van der Waals surface area (Å²) in [4.78, 5) is 0. The van der Waals surface area contributed by atoms with E-state index in [1.54, 1.807) is 0 Å². The molecule has 0 aliphatic heterocycles. The van der Waals surface area contributed by atoms with Gasteiger partial charge in [0.25, 0.3) is 0 Å². The molecule has 2 rings (SSSR count). The molecule has 0 radical (unpaired) electrons. The lowest BCUT2D eigenvalue weighted by Crippen LogP contribution is -2.35. The summed E-state index contributed by atoms with van der Waals surface area (Å²) in [6.45, 7) is 4.05. The number of nitrogens with two attached hydrogens (primary N) is 1. The highest BCUT2D eigenvalue weighted by Crippen LogP contribution is 2.34. The predicted octanol–water partition coefficient (Wildman–Crippen LogP) is 4.63. The van der Waals surface area contributed by atoms with Crippen LogP contribution in [-0.4, -0.2) is 0 Å². The molecular weight excluding hydrogens is 310 g/mol. The molecule has 0 saturated carbocycles. The first-order chi connectivity index (χ1) is 8.43. The zero-order valence-electron chi connectivity index (χ0n) is 10.4. The van der Waals surface area contributed by atoms with Gasteiger partial charge in [-0.25, -0.2) is 0 Å². The van der Waals surface area contributed by atoms with Crippen molar-refractivity contribution in [1.82, 2.24) is 0 Å². The van der Waals surface area contributed by atoms with Gasteiger partial charge >= 0.3 is 0 Å². The molecule has 0 aliphatic carbocycles. The van der Waals surface area contributed by atoms with Gasteiger partial charge in [-0.15, -0.1) is 0 Å². The fourth-order valence-corrected chi connectivity index (χ4v) is 3.08. The maximum absolute atomic E-state index is 6.51. The van der Waals surface area contributed by atoms with Crippen molar-refractivity contribution in [3.63, 3.8) is 0 Å². The fourth-order valence-electron chi connectivity index (χ4n) is 2.21. The zero-order valence-corrected chi connectivity index (χ0v) is 12.7. The number of hydrogen-bond donors (Lipinski definition) is 1. The van der Waals surface area contributed by atoms with E-state index in [0.29, 0.717) is 5.02 Å². The van der Waals surface area contributed by atoms with Crippen molar-refractivity contribution in [3.05, 3.63) is 68.7 Å². The molecule has 0 amide bonds. The lowest BCUT2D eigenvalue weighted by molar-refractivity contribution is 0.599. The molecular formula is C15H15BrClN. The number of rotatable bonds is 2. The maximum Gasteiger partial charge on any atom is 0.0654 e. The summed E-state index contributed by atoms with van der Waals surface area (Å²) in [6, 6.07) is 13.9. The second kappa shape index (κ2) is 5.04. The van der Waals surface area contributed by atoms with Crippen LogP contribution in [0.1, 0.15) is 23.6 Å². The van der Waals surface area contributed by atoms with Gasteiger partial charge in [0.05, 0.1) is 5.54 Å². The maximum atomic E-state index is 6.51. The van der Waals surface area contributed by atoms with Crippen molar-refractivity contribution in [2.75, 3.05) is 0 Å². The average molecular weight is 325 g/mol. The van der Waals surface area contributed by atoms with Crippen LogP contribution in [0.2, 0.25) is 5.02 Å². The van der Waals surface area contributed by atoms with Crippen LogP contribution in [0.4, 0.5) is 0 Å². The van der Waals surface area contributed by atoms with Crippen LogP contribution < -0.4 is 5.73 Å². The lowest BCUT2D eigenvalue weighted by atomic mass is 9.83. The van der Waals surface area contributed by atoms with E-state index in [1.807, 2.05) is 43.3 Å². The summed E-state index contributed by atoms with van der Waals surface area (Å²) in [5.74, 6) is 0. The van der Waals surface area contributed by atoms with E-state index in [9.17, 15) is 0 Å². The van der Waals surface area contributed by atoms with Gasteiger partial charge in [0, 0.05) is 9.50 Å². The van der Waals surface area contributed by atoms with Crippen molar-refractivity contribution in [2.45, 2.75) is 19.4 Å². The Hall–Kier alpha value is -0.830. The van der Waals surface area contributed by atoms with Gasteiger partial charge in [-0.3, -0.25) is 0 Å². The van der Waals surface area contributed by atoms with Gasteiger partial charge in [-0.2, -0.15) is 0 Å². The van der Waals surface area contributed by atoms with Crippen LogP contribution >= 0.6 is 27.5 Å². The Kier molecular flexibility index (Phi) is 3.81. The minimum atomic E-state index is -0.594. The molecule has 0 heterocycles. The van der Waals surface area contributed by atoms with Gasteiger partial charge < -0.3 is 5.73 Å². The summed E-state index contributed by atoms with van der Waals surface area (Å²) in [5.41, 5.74) is 9.11. The number of halogens is 2. The molecule has 1 nitrogen and oxygen atoms in total. The van der Waals surface area contributed by atoms with Crippen LogP contribution in [0, 0.1) is 6.92 Å². The topological polar surface area (TPSA) is 26.0 Å². The molecule has 2 aromatic rings. The first-order valence-electron chi connectivity index (χ1n) is 5.73. The van der Waals surface area contributed by atoms with Gasteiger partial charge in [0.2, 0.25) is 0 Å². The minimum absolute atomic E-state index is 0.594. The molecule has 0 spiro atoms. The Morgan fingerprint density at radius 2 is 1.78 bits per heavy atom. The van der Waals surface area contributed by atoms with Gasteiger partial charge in [-0.05, 0) is 42.7 Å². The molecule has 18 heavy (non-hydrogen) atoms. The Morgan fingerprint density at radius 1 is 1.11 bits per heavy atom. The van der Waals surface area contributed by atoms with Crippen LogP contribution in [0.25, 0.3) is 0 Å². The van der Waals surface area contributed by atoms with Crippen molar-refractivity contribution in [1.29, 1.82) is 0 Å². The summed E-state index contributed by atoms with van der Waals surface area (Å²) in [7, 11) is 0. The zero-order chi connectivity index (χ0) is 13.3. The van der Waals surface area contributed by atoms with E-state index in [1.165, 1.54) is 5.56 Å². The average Bonchev–Trinajstić information content (AvgIpc) is 2.28. The number of aryl methyl sites for hydroxylation is 1. The third-order valence-corrected chi connectivity index (χ3v) is 4.00. The van der Waals surface area contributed by atoms with Gasteiger partial charge in [-0.1, -0.05) is 57.9 Å². The summed E-state index contributed by atoms with van der Waals surface area (Å²) in [6.07, 6.45) is 0. The first-order valence-corrected chi connectivity index (χ1v) is 6.90. The molecule has 2 N–H and O–H groups in total. The van der Waals surface area contributed by atoms with E-state index >= 15 is 0 Å². The molecule has 2 aromatic carbocycles. The highest BCUT2D eigenvalue weighted by Gasteiger charge is 2.27. The third kappa shape index (κ3) is 2.46. The van der Waals surface area contributed by atoms with E-state index in [4.69, 9.17) is 17.3 Å². The fraction of sp³-hybridized carbons (Fsp3) is 0.200. The Balaban J connectivity index is 2.58. The SMILES string of the molecule is Cc1ccccc1C(C)(N)c1ccc(Br)cc1Cl. The Labute approximate surface area is 121 Å².